The number of rotatable bonds is 5. The van der Waals surface area contributed by atoms with Crippen LogP contribution in [0, 0.1) is 11.8 Å². The van der Waals surface area contributed by atoms with Crippen LogP contribution in [-0.2, 0) is 19.0 Å². The first-order chi connectivity index (χ1) is 16.3. The number of benzene rings is 1. The van der Waals surface area contributed by atoms with Gasteiger partial charge in [0.1, 0.15) is 12.4 Å². The van der Waals surface area contributed by atoms with Gasteiger partial charge in [-0.05, 0) is 18.6 Å². The molecule has 0 atom stereocenters. The van der Waals surface area contributed by atoms with Gasteiger partial charge < -0.3 is 4.98 Å². The lowest BCUT2D eigenvalue weighted by Crippen LogP contribution is -2.23. The summed E-state index contributed by atoms with van der Waals surface area (Å²) in [6.45, 7) is 3.74. The standard InChI is InChI=1S/C24H21F2N7O/c1-3-11-33-22(34)19-21(32-13-10-27-23(32)33)30-20(29-19)17-14-28-31(15-17)12-4-5-16-6-8-18(9-7-16)24(2,25)26/h6-10,13-15H,3,11-12H2,1-2H3,(H,29,30). The summed E-state index contributed by atoms with van der Waals surface area (Å²) >= 11 is 0. The fourth-order valence-electron chi connectivity index (χ4n) is 3.78. The normalized spacial score (nSPS) is 11.8. The van der Waals surface area contributed by atoms with E-state index < -0.39 is 5.92 Å². The van der Waals surface area contributed by atoms with E-state index in [1.54, 1.807) is 50.6 Å². The molecule has 172 valence electrons. The molecule has 8 nitrogen and oxygen atoms in total. The Kier molecular flexibility index (Phi) is 5.24. The minimum atomic E-state index is -2.87. The number of aromatic amines is 1. The highest BCUT2D eigenvalue weighted by atomic mass is 19.3. The van der Waals surface area contributed by atoms with Crippen LogP contribution in [0.1, 0.15) is 31.4 Å². The Morgan fingerprint density at radius 2 is 2.00 bits per heavy atom. The summed E-state index contributed by atoms with van der Waals surface area (Å²) < 4.78 is 31.7. The van der Waals surface area contributed by atoms with Gasteiger partial charge in [-0.2, -0.15) is 5.10 Å². The van der Waals surface area contributed by atoms with E-state index in [4.69, 9.17) is 0 Å². The van der Waals surface area contributed by atoms with Crippen molar-refractivity contribution in [2.45, 2.75) is 39.3 Å². The fraction of sp³-hybridized carbons (Fsp3) is 0.250. The number of alkyl halides is 2. The van der Waals surface area contributed by atoms with Crippen LogP contribution in [0.2, 0.25) is 0 Å². The number of hydrogen-bond donors (Lipinski definition) is 1. The van der Waals surface area contributed by atoms with Crippen LogP contribution in [0.25, 0.3) is 28.3 Å². The van der Waals surface area contributed by atoms with Gasteiger partial charge in [-0.15, -0.1) is 0 Å². The second kappa shape index (κ2) is 8.26. The second-order valence-corrected chi connectivity index (χ2v) is 8.03. The number of imidazole rings is 2. The summed E-state index contributed by atoms with van der Waals surface area (Å²) in [6.07, 6.45) is 7.65. The van der Waals surface area contributed by atoms with Crippen LogP contribution in [0.4, 0.5) is 8.78 Å². The summed E-state index contributed by atoms with van der Waals surface area (Å²) in [5, 5.41) is 4.31. The molecule has 0 aliphatic heterocycles. The predicted molar refractivity (Wildman–Crippen MR) is 124 cm³/mol. The van der Waals surface area contributed by atoms with Gasteiger partial charge in [-0.1, -0.05) is 30.9 Å². The molecular weight excluding hydrogens is 440 g/mol. The van der Waals surface area contributed by atoms with Crippen molar-refractivity contribution in [1.82, 2.24) is 33.7 Å². The van der Waals surface area contributed by atoms with Gasteiger partial charge in [-0.25, -0.2) is 18.7 Å². The number of hydrogen-bond acceptors (Lipinski definition) is 4. The highest BCUT2D eigenvalue weighted by molar-refractivity contribution is 5.77. The Hall–Kier alpha value is -4.26. The van der Waals surface area contributed by atoms with Crippen molar-refractivity contribution < 1.29 is 8.78 Å². The first kappa shape index (κ1) is 21.6. The highest BCUT2D eigenvalue weighted by Crippen LogP contribution is 2.26. The molecule has 0 aliphatic rings. The monoisotopic (exact) mass is 461 g/mol. The van der Waals surface area contributed by atoms with Crippen LogP contribution in [-0.4, -0.2) is 33.7 Å². The van der Waals surface area contributed by atoms with Crippen molar-refractivity contribution in [3.05, 3.63) is 70.5 Å². The van der Waals surface area contributed by atoms with Crippen molar-refractivity contribution in [3.8, 4) is 23.2 Å². The molecular formula is C24H21F2N7O. The number of aromatic nitrogens is 7. The number of nitrogens with zero attached hydrogens (tertiary/aromatic N) is 6. The molecule has 5 rings (SSSR count). The van der Waals surface area contributed by atoms with E-state index in [1.165, 1.54) is 12.1 Å². The van der Waals surface area contributed by atoms with Crippen LogP contribution in [0.15, 0.2) is 53.8 Å². The number of halogens is 2. The average Bonchev–Trinajstić information content (AvgIpc) is 3.55. The SMILES string of the molecule is CCCn1c(=O)c2[nH]c(-c3cnn(CC#Cc4ccc(C(C)(F)F)cc4)c3)nc2n2ccnc12. The zero-order chi connectivity index (χ0) is 23.9. The third-order valence-corrected chi connectivity index (χ3v) is 5.45. The third-order valence-electron chi connectivity index (χ3n) is 5.45. The van der Waals surface area contributed by atoms with E-state index in [2.05, 4.69) is 31.9 Å². The molecule has 0 fully saturated rings. The van der Waals surface area contributed by atoms with Gasteiger partial charge in [0.2, 0.25) is 5.78 Å². The maximum atomic E-state index is 13.3. The molecule has 0 saturated carbocycles. The van der Waals surface area contributed by atoms with E-state index in [0.717, 1.165) is 13.3 Å². The number of fused-ring (bicyclic) bond motifs is 3. The lowest BCUT2D eigenvalue weighted by molar-refractivity contribution is 0.0175. The molecule has 0 radical (unpaired) electrons. The van der Waals surface area contributed by atoms with E-state index >= 15 is 0 Å². The number of nitrogens with one attached hydrogen (secondary N) is 1. The summed E-state index contributed by atoms with van der Waals surface area (Å²) in [6, 6.07) is 5.91. The Bertz CT molecular complexity index is 1610. The zero-order valence-electron chi connectivity index (χ0n) is 18.6. The maximum Gasteiger partial charge on any atom is 0.280 e. The van der Waals surface area contributed by atoms with Crippen LogP contribution in [0.3, 0.4) is 0 Å². The highest BCUT2D eigenvalue weighted by Gasteiger charge is 2.23. The summed E-state index contributed by atoms with van der Waals surface area (Å²) in [5.41, 5.74) is 2.05. The number of H-pyrrole nitrogens is 1. The van der Waals surface area contributed by atoms with Crippen LogP contribution < -0.4 is 5.56 Å². The van der Waals surface area contributed by atoms with E-state index in [-0.39, 0.29) is 11.1 Å². The lowest BCUT2D eigenvalue weighted by Gasteiger charge is -2.09. The largest absolute Gasteiger partial charge is 0.332 e. The van der Waals surface area contributed by atoms with Gasteiger partial charge in [0, 0.05) is 43.2 Å². The molecule has 0 bridgehead atoms. The van der Waals surface area contributed by atoms with Crippen molar-refractivity contribution in [2.75, 3.05) is 0 Å². The molecule has 5 aromatic rings. The first-order valence-corrected chi connectivity index (χ1v) is 10.8. The molecule has 34 heavy (non-hydrogen) atoms. The van der Waals surface area contributed by atoms with E-state index in [0.29, 0.717) is 47.0 Å². The van der Waals surface area contributed by atoms with Crippen LogP contribution >= 0.6 is 0 Å². The van der Waals surface area contributed by atoms with Gasteiger partial charge in [0.05, 0.1) is 11.8 Å². The van der Waals surface area contributed by atoms with Crippen molar-refractivity contribution in [2.24, 2.45) is 0 Å². The molecule has 0 spiro atoms. The van der Waals surface area contributed by atoms with Crippen molar-refractivity contribution >= 4 is 16.9 Å². The quantitative estimate of drug-likeness (QED) is 0.404. The molecule has 0 aliphatic carbocycles. The Morgan fingerprint density at radius 1 is 1.21 bits per heavy atom. The maximum absolute atomic E-state index is 13.3. The van der Waals surface area contributed by atoms with Crippen LogP contribution in [0.5, 0.6) is 0 Å². The van der Waals surface area contributed by atoms with Gasteiger partial charge in [-0.3, -0.25) is 18.4 Å². The summed E-state index contributed by atoms with van der Waals surface area (Å²) in [4.78, 5) is 25.1. The van der Waals surface area contributed by atoms with Crippen molar-refractivity contribution in [1.29, 1.82) is 0 Å². The summed E-state index contributed by atoms with van der Waals surface area (Å²) in [5.74, 6) is 4.14. The van der Waals surface area contributed by atoms with E-state index in [1.807, 2.05) is 6.92 Å². The van der Waals surface area contributed by atoms with Gasteiger partial charge in [0.25, 0.3) is 11.5 Å². The Morgan fingerprint density at radius 3 is 2.74 bits per heavy atom. The lowest BCUT2D eigenvalue weighted by atomic mass is 10.1. The Labute approximate surface area is 192 Å². The smallest absolute Gasteiger partial charge is 0.280 e. The van der Waals surface area contributed by atoms with Gasteiger partial charge >= 0.3 is 0 Å². The minimum absolute atomic E-state index is 0.0463. The first-order valence-electron chi connectivity index (χ1n) is 10.8. The molecule has 0 saturated heterocycles. The molecule has 4 heterocycles. The summed E-state index contributed by atoms with van der Waals surface area (Å²) in [7, 11) is 0. The van der Waals surface area contributed by atoms with E-state index in [9.17, 15) is 13.6 Å². The third kappa shape index (κ3) is 3.85. The zero-order valence-corrected chi connectivity index (χ0v) is 18.6. The topological polar surface area (TPSA) is 85.8 Å². The molecule has 1 aromatic carbocycles. The molecule has 4 aromatic heterocycles. The minimum Gasteiger partial charge on any atom is -0.332 e. The molecule has 1 N–H and O–H groups in total. The fourth-order valence-corrected chi connectivity index (χ4v) is 3.78. The molecule has 0 amide bonds. The van der Waals surface area contributed by atoms with Crippen molar-refractivity contribution in [3.63, 3.8) is 0 Å². The molecule has 10 heteroatoms. The predicted octanol–water partition coefficient (Wildman–Crippen LogP) is 3.81. The second-order valence-electron chi connectivity index (χ2n) is 8.03. The Balaban J connectivity index is 1.40. The molecule has 0 unspecified atom stereocenters. The van der Waals surface area contributed by atoms with Gasteiger partial charge in [0.15, 0.2) is 11.2 Å². The average molecular weight is 461 g/mol. The number of aryl methyl sites for hydroxylation is 1.